The Morgan fingerprint density at radius 2 is 0.796 bits per heavy atom. The molecule has 9 rings (SSSR count). The average molecular weight is 628 g/mol. The number of hydrogen-bond donors (Lipinski definition) is 0. The zero-order valence-corrected chi connectivity index (χ0v) is 28.1. The van der Waals surface area contributed by atoms with Crippen molar-refractivity contribution < 1.29 is 0 Å². The Morgan fingerprint density at radius 1 is 0.347 bits per heavy atom. The summed E-state index contributed by atoms with van der Waals surface area (Å²) in [4.78, 5) is 0. The second-order valence-corrected chi connectivity index (χ2v) is 14.2. The molecule has 0 bridgehead atoms. The van der Waals surface area contributed by atoms with Crippen molar-refractivity contribution in [3.63, 3.8) is 0 Å². The van der Waals surface area contributed by atoms with Gasteiger partial charge in [0.2, 0.25) is 0 Å². The first-order chi connectivity index (χ1) is 24.0. The standard InChI is InChI=1S/C48H37N/c1-48(2,3)36-25-28-45-42(31-36)41-29-35(24-27-44(41)49(45)37-19-11-6-12-20-37)34-23-26-40-43(30-34)47(33-17-9-5-10-18-33)39-22-14-13-21-38(39)46(40)32-15-7-4-8-16-32/h4-31H,1-3H3. The lowest BCUT2D eigenvalue weighted by atomic mass is 9.84. The highest BCUT2D eigenvalue weighted by Gasteiger charge is 2.20. The van der Waals surface area contributed by atoms with E-state index >= 15 is 0 Å². The van der Waals surface area contributed by atoms with Gasteiger partial charge in [-0.3, -0.25) is 0 Å². The Balaban J connectivity index is 1.34. The minimum Gasteiger partial charge on any atom is -0.309 e. The van der Waals surface area contributed by atoms with E-state index in [-0.39, 0.29) is 5.41 Å². The van der Waals surface area contributed by atoms with Crippen LogP contribution >= 0.6 is 0 Å². The molecule has 0 radical (unpaired) electrons. The van der Waals surface area contributed by atoms with Crippen LogP contribution in [0.4, 0.5) is 0 Å². The van der Waals surface area contributed by atoms with E-state index in [4.69, 9.17) is 0 Å². The zero-order valence-electron chi connectivity index (χ0n) is 28.1. The predicted molar refractivity (Wildman–Crippen MR) is 211 cm³/mol. The van der Waals surface area contributed by atoms with E-state index in [2.05, 4.69) is 195 Å². The van der Waals surface area contributed by atoms with Gasteiger partial charge in [-0.1, -0.05) is 148 Å². The Bertz CT molecular complexity index is 2660. The zero-order chi connectivity index (χ0) is 33.1. The molecule has 0 aliphatic rings. The summed E-state index contributed by atoms with van der Waals surface area (Å²) in [6.45, 7) is 6.88. The molecule has 0 aliphatic carbocycles. The first-order valence-electron chi connectivity index (χ1n) is 17.2. The Labute approximate surface area is 287 Å². The van der Waals surface area contributed by atoms with Gasteiger partial charge in [-0.25, -0.2) is 0 Å². The van der Waals surface area contributed by atoms with E-state index in [1.54, 1.807) is 0 Å². The van der Waals surface area contributed by atoms with E-state index in [0.717, 1.165) is 0 Å². The van der Waals surface area contributed by atoms with Gasteiger partial charge < -0.3 is 4.57 Å². The second kappa shape index (κ2) is 11.4. The van der Waals surface area contributed by atoms with Gasteiger partial charge in [-0.15, -0.1) is 0 Å². The number of nitrogens with zero attached hydrogens (tertiary/aromatic N) is 1. The lowest BCUT2D eigenvalue weighted by Crippen LogP contribution is -2.10. The molecule has 0 saturated carbocycles. The molecule has 0 atom stereocenters. The molecular formula is C48H37N. The van der Waals surface area contributed by atoms with E-state index in [0.29, 0.717) is 0 Å². The third-order valence-corrected chi connectivity index (χ3v) is 10.1. The Morgan fingerprint density at radius 3 is 1.39 bits per heavy atom. The van der Waals surface area contributed by atoms with Crippen LogP contribution in [0.15, 0.2) is 170 Å². The van der Waals surface area contributed by atoms with Gasteiger partial charge in [0.25, 0.3) is 0 Å². The molecule has 9 aromatic rings. The normalized spacial score (nSPS) is 12.0. The molecule has 1 heterocycles. The van der Waals surface area contributed by atoms with Crippen LogP contribution in [0.2, 0.25) is 0 Å². The summed E-state index contributed by atoms with van der Waals surface area (Å²) >= 11 is 0. The molecule has 49 heavy (non-hydrogen) atoms. The van der Waals surface area contributed by atoms with Crippen LogP contribution in [0.3, 0.4) is 0 Å². The summed E-state index contributed by atoms with van der Waals surface area (Å²) in [5.41, 5.74) is 12.5. The molecule has 1 heteroatoms. The molecule has 0 saturated heterocycles. The molecule has 0 spiro atoms. The van der Waals surface area contributed by atoms with Crippen LogP contribution in [0.1, 0.15) is 26.3 Å². The summed E-state index contributed by atoms with van der Waals surface area (Å²) in [6, 6.07) is 62.5. The minimum atomic E-state index is 0.0540. The highest BCUT2D eigenvalue weighted by Crippen LogP contribution is 2.45. The lowest BCUT2D eigenvalue weighted by molar-refractivity contribution is 0.591. The molecule has 1 nitrogen and oxygen atoms in total. The SMILES string of the molecule is CC(C)(C)c1ccc2c(c1)c1cc(-c3ccc4c(-c5ccccc5)c5ccccc5c(-c5ccccc5)c4c3)ccc1n2-c1ccccc1. The fourth-order valence-corrected chi connectivity index (χ4v) is 7.71. The highest BCUT2D eigenvalue weighted by molar-refractivity contribution is 6.22. The fraction of sp³-hybridized carbons (Fsp3) is 0.0833. The monoisotopic (exact) mass is 627 g/mol. The quantitative estimate of drug-likeness (QED) is 0.171. The smallest absolute Gasteiger partial charge is 0.0541 e. The maximum absolute atomic E-state index is 2.43. The largest absolute Gasteiger partial charge is 0.309 e. The molecular weight excluding hydrogens is 591 g/mol. The first-order valence-corrected chi connectivity index (χ1v) is 17.2. The van der Waals surface area contributed by atoms with Crippen LogP contribution < -0.4 is 0 Å². The minimum absolute atomic E-state index is 0.0540. The number of aromatic nitrogens is 1. The molecule has 0 amide bonds. The van der Waals surface area contributed by atoms with E-state index < -0.39 is 0 Å². The van der Waals surface area contributed by atoms with Crippen LogP contribution in [-0.2, 0) is 5.41 Å². The average Bonchev–Trinajstić information content (AvgIpc) is 3.47. The molecule has 0 unspecified atom stereocenters. The van der Waals surface area contributed by atoms with Crippen LogP contribution in [0.5, 0.6) is 0 Å². The van der Waals surface area contributed by atoms with Crippen molar-refractivity contribution in [2.45, 2.75) is 26.2 Å². The second-order valence-electron chi connectivity index (χ2n) is 14.2. The van der Waals surface area contributed by atoms with Gasteiger partial charge in [0, 0.05) is 16.5 Å². The molecule has 8 aromatic carbocycles. The van der Waals surface area contributed by atoms with Crippen molar-refractivity contribution in [1.29, 1.82) is 0 Å². The number of fused-ring (bicyclic) bond motifs is 5. The van der Waals surface area contributed by atoms with Crippen molar-refractivity contribution in [2.75, 3.05) is 0 Å². The molecule has 0 N–H and O–H groups in total. The van der Waals surface area contributed by atoms with Gasteiger partial charge in [-0.2, -0.15) is 0 Å². The third-order valence-electron chi connectivity index (χ3n) is 10.1. The van der Waals surface area contributed by atoms with E-state index in [1.165, 1.54) is 88.0 Å². The van der Waals surface area contributed by atoms with Crippen LogP contribution in [0.25, 0.3) is 82.4 Å². The number of hydrogen-bond acceptors (Lipinski definition) is 0. The van der Waals surface area contributed by atoms with Crippen molar-refractivity contribution >= 4 is 43.4 Å². The van der Waals surface area contributed by atoms with Crippen molar-refractivity contribution in [3.8, 4) is 39.1 Å². The summed E-state index contributed by atoms with van der Waals surface area (Å²) in [6.07, 6.45) is 0. The maximum Gasteiger partial charge on any atom is 0.0541 e. The Kier molecular flexibility index (Phi) is 6.78. The lowest BCUT2D eigenvalue weighted by Gasteiger charge is -2.19. The van der Waals surface area contributed by atoms with E-state index in [9.17, 15) is 0 Å². The molecule has 234 valence electrons. The summed E-state index contributed by atoms with van der Waals surface area (Å²) in [5, 5.41) is 7.64. The van der Waals surface area contributed by atoms with Gasteiger partial charge in [0.05, 0.1) is 11.0 Å². The summed E-state index contributed by atoms with van der Waals surface area (Å²) in [7, 11) is 0. The number of para-hydroxylation sites is 1. The molecule has 0 aliphatic heterocycles. The maximum atomic E-state index is 2.43. The number of rotatable bonds is 4. The predicted octanol–water partition coefficient (Wildman–Crippen LogP) is 13.4. The van der Waals surface area contributed by atoms with Gasteiger partial charge in [0.15, 0.2) is 0 Å². The van der Waals surface area contributed by atoms with Crippen molar-refractivity contribution in [3.05, 3.63) is 175 Å². The van der Waals surface area contributed by atoms with Crippen molar-refractivity contribution in [2.24, 2.45) is 0 Å². The molecule has 1 aromatic heterocycles. The van der Waals surface area contributed by atoms with Gasteiger partial charge in [-0.05, 0) is 108 Å². The van der Waals surface area contributed by atoms with Crippen LogP contribution in [0, 0.1) is 0 Å². The van der Waals surface area contributed by atoms with Gasteiger partial charge >= 0.3 is 0 Å². The summed E-state index contributed by atoms with van der Waals surface area (Å²) in [5.74, 6) is 0. The highest BCUT2D eigenvalue weighted by atomic mass is 15.0. The van der Waals surface area contributed by atoms with Crippen molar-refractivity contribution in [1.82, 2.24) is 4.57 Å². The summed E-state index contributed by atoms with van der Waals surface area (Å²) < 4.78 is 2.41. The topological polar surface area (TPSA) is 4.93 Å². The Hall–Kier alpha value is -5.92. The van der Waals surface area contributed by atoms with E-state index in [1.807, 2.05) is 0 Å². The van der Waals surface area contributed by atoms with Gasteiger partial charge in [0.1, 0.15) is 0 Å². The number of benzene rings is 8. The van der Waals surface area contributed by atoms with Crippen LogP contribution in [-0.4, -0.2) is 4.57 Å². The molecule has 0 fully saturated rings. The first kappa shape index (κ1) is 29.2. The third kappa shape index (κ3) is 4.85. The fourth-order valence-electron chi connectivity index (χ4n) is 7.71.